The maximum absolute atomic E-state index is 12.5. The minimum absolute atomic E-state index is 0.0435. The first kappa shape index (κ1) is 12.5. The van der Waals surface area contributed by atoms with E-state index in [-0.39, 0.29) is 12.5 Å². The number of nitrogens with zero attached hydrogens (tertiary/aromatic N) is 2. The molecule has 1 fully saturated rings. The number of hydrogen-bond donors (Lipinski definition) is 1. The molecule has 0 aliphatic carbocycles. The molecule has 0 saturated carbocycles. The molecule has 1 atom stereocenters. The molecule has 1 N–H and O–H groups in total. The molecule has 7 heteroatoms. The fourth-order valence-corrected chi connectivity index (χ4v) is 2.22. The van der Waals surface area contributed by atoms with Crippen LogP contribution >= 0.6 is 0 Å². The van der Waals surface area contributed by atoms with Gasteiger partial charge in [0.15, 0.2) is 11.3 Å². The third kappa shape index (κ3) is 1.78. The second kappa shape index (κ2) is 4.22. The van der Waals surface area contributed by atoms with Gasteiger partial charge in [0.25, 0.3) is 5.91 Å². The van der Waals surface area contributed by atoms with Crippen LogP contribution in [0.25, 0.3) is 0 Å². The second-order valence-electron chi connectivity index (χ2n) is 4.86. The molecule has 3 amide bonds. The Kier molecular flexibility index (Phi) is 2.63. The Morgan fingerprint density at radius 2 is 2.25 bits per heavy atom. The van der Waals surface area contributed by atoms with Crippen LogP contribution in [0.2, 0.25) is 0 Å². The van der Waals surface area contributed by atoms with E-state index >= 15 is 0 Å². The maximum Gasteiger partial charge on any atom is 0.325 e. The lowest BCUT2D eigenvalue weighted by molar-refractivity contribution is -0.132. The number of furan rings is 1. The van der Waals surface area contributed by atoms with Crippen LogP contribution in [0.1, 0.15) is 24.1 Å². The average Bonchev–Trinajstić information content (AvgIpc) is 3.09. The summed E-state index contributed by atoms with van der Waals surface area (Å²) in [4.78, 5) is 25.6. The van der Waals surface area contributed by atoms with Crippen molar-refractivity contribution in [1.82, 2.24) is 15.4 Å². The van der Waals surface area contributed by atoms with Crippen molar-refractivity contribution >= 4 is 11.9 Å². The van der Waals surface area contributed by atoms with Gasteiger partial charge >= 0.3 is 6.03 Å². The normalized spacial score (nSPS) is 22.4. The molecule has 1 saturated heterocycles. The van der Waals surface area contributed by atoms with Crippen molar-refractivity contribution in [2.45, 2.75) is 25.9 Å². The molecule has 3 rings (SSSR count). The highest BCUT2D eigenvalue weighted by atomic mass is 16.5. The highest BCUT2D eigenvalue weighted by molar-refractivity contribution is 6.06. The van der Waals surface area contributed by atoms with Crippen LogP contribution in [0.4, 0.5) is 4.79 Å². The summed E-state index contributed by atoms with van der Waals surface area (Å²) in [5.74, 6) is 0.466. The first-order chi connectivity index (χ1) is 9.50. The first-order valence-electron chi connectivity index (χ1n) is 6.11. The molecular weight excluding hydrogens is 262 g/mol. The van der Waals surface area contributed by atoms with Gasteiger partial charge in [-0.2, -0.15) is 0 Å². The van der Waals surface area contributed by atoms with Gasteiger partial charge in [-0.3, -0.25) is 9.69 Å². The number of carbonyl (C=O) groups excluding carboxylic acids is 2. The standard InChI is InChI=1S/C13H13N3O4/c1-8-6-9(20-15-8)7-16-11(17)13(2,14-12(16)18)10-4-3-5-19-10/h3-6H,7H2,1-2H3,(H,14,18). The zero-order valence-corrected chi connectivity index (χ0v) is 11.0. The van der Waals surface area contributed by atoms with Crippen molar-refractivity contribution in [2.75, 3.05) is 0 Å². The van der Waals surface area contributed by atoms with E-state index in [1.807, 2.05) is 0 Å². The lowest BCUT2D eigenvalue weighted by atomic mass is 9.99. The molecule has 1 aliphatic rings. The Morgan fingerprint density at radius 1 is 1.45 bits per heavy atom. The Hall–Kier alpha value is -2.57. The molecule has 1 aliphatic heterocycles. The summed E-state index contributed by atoms with van der Waals surface area (Å²) in [5, 5.41) is 6.37. The van der Waals surface area contributed by atoms with E-state index in [9.17, 15) is 9.59 Å². The van der Waals surface area contributed by atoms with Crippen molar-refractivity contribution in [1.29, 1.82) is 0 Å². The molecule has 7 nitrogen and oxygen atoms in total. The number of aryl methyl sites for hydroxylation is 1. The van der Waals surface area contributed by atoms with Gasteiger partial charge < -0.3 is 14.3 Å². The van der Waals surface area contributed by atoms with Crippen molar-refractivity contribution in [3.8, 4) is 0 Å². The Labute approximate surface area is 114 Å². The van der Waals surface area contributed by atoms with E-state index in [1.54, 1.807) is 32.0 Å². The molecule has 1 unspecified atom stereocenters. The summed E-state index contributed by atoms with van der Waals surface area (Å²) in [6, 6.07) is 4.52. The lowest BCUT2D eigenvalue weighted by Crippen LogP contribution is -2.40. The summed E-state index contributed by atoms with van der Waals surface area (Å²) in [5.41, 5.74) is -0.490. The third-order valence-electron chi connectivity index (χ3n) is 3.28. The number of aromatic nitrogens is 1. The fourth-order valence-electron chi connectivity index (χ4n) is 2.22. The average molecular weight is 275 g/mol. The SMILES string of the molecule is Cc1cc(CN2C(=O)NC(C)(c3ccco3)C2=O)on1. The van der Waals surface area contributed by atoms with Gasteiger partial charge in [0.05, 0.1) is 18.5 Å². The van der Waals surface area contributed by atoms with Crippen LogP contribution < -0.4 is 5.32 Å². The van der Waals surface area contributed by atoms with Gasteiger partial charge in [-0.25, -0.2) is 4.79 Å². The minimum Gasteiger partial charge on any atom is -0.466 e. The molecular formula is C13H13N3O4. The predicted molar refractivity (Wildman–Crippen MR) is 66.4 cm³/mol. The fraction of sp³-hybridized carbons (Fsp3) is 0.308. The van der Waals surface area contributed by atoms with E-state index in [0.29, 0.717) is 17.2 Å². The van der Waals surface area contributed by atoms with Crippen molar-refractivity contribution in [3.05, 3.63) is 41.7 Å². The molecule has 0 aromatic carbocycles. The quantitative estimate of drug-likeness (QED) is 0.858. The monoisotopic (exact) mass is 275 g/mol. The van der Waals surface area contributed by atoms with Gasteiger partial charge in [0.2, 0.25) is 0 Å². The molecule has 3 heterocycles. The number of amides is 3. The smallest absolute Gasteiger partial charge is 0.325 e. The Morgan fingerprint density at radius 3 is 2.85 bits per heavy atom. The highest BCUT2D eigenvalue weighted by Crippen LogP contribution is 2.29. The summed E-state index contributed by atoms with van der Waals surface area (Å²) in [6.45, 7) is 3.42. The molecule has 2 aromatic rings. The topological polar surface area (TPSA) is 88.6 Å². The number of urea groups is 1. The molecule has 104 valence electrons. The molecule has 2 aromatic heterocycles. The van der Waals surface area contributed by atoms with Gasteiger partial charge in [-0.1, -0.05) is 5.16 Å². The third-order valence-corrected chi connectivity index (χ3v) is 3.28. The Balaban J connectivity index is 1.87. The van der Waals surface area contributed by atoms with Crippen LogP contribution in [0.3, 0.4) is 0 Å². The van der Waals surface area contributed by atoms with Gasteiger partial charge in [-0.05, 0) is 26.0 Å². The summed E-state index contributed by atoms with van der Waals surface area (Å²) < 4.78 is 10.3. The summed E-state index contributed by atoms with van der Waals surface area (Å²) in [6.07, 6.45) is 1.46. The number of rotatable bonds is 3. The van der Waals surface area contributed by atoms with Crippen LogP contribution in [-0.4, -0.2) is 22.0 Å². The van der Waals surface area contributed by atoms with Gasteiger partial charge in [0, 0.05) is 6.07 Å². The lowest BCUT2D eigenvalue weighted by Gasteiger charge is -2.18. The summed E-state index contributed by atoms with van der Waals surface area (Å²) >= 11 is 0. The largest absolute Gasteiger partial charge is 0.466 e. The van der Waals surface area contributed by atoms with Crippen molar-refractivity contribution in [2.24, 2.45) is 0 Å². The number of imide groups is 1. The van der Waals surface area contributed by atoms with Gasteiger partial charge in [0.1, 0.15) is 5.76 Å². The van der Waals surface area contributed by atoms with E-state index in [0.717, 1.165) is 4.90 Å². The number of hydrogen-bond acceptors (Lipinski definition) is 5. The van der Waals surface area contributed by atoms with Crippen molar-refractivity contribution < 1.29 is 18.5 Å². The highest BCUT2D eigenvalue weighted by Gasteiger charge is 2.51. The molecule has 0 spiro atoms. The number of nitrogens with one attached hydrogen (secondary N) is 1. The predicted octanol–water partition coefficient (Wildman–Crippen LogP) is 1.54. The molecule has 20 heavy (non-hydrogen) atoms. The second-order valence-corrected chi connectivity index (χ2v) is 4.86. The first-order valence-corrected chi connectivity index (χ1v) is 6.11. The zero-order chi connectivity index (χ0) is 14.3. The zero-order valence-electron chi connectivity index (χ0n) is 11.0. The van der Waals surface area contributed by atoms with Crippen LogP contribution in [0.5, 0.6) is 0 Å². The molecule has 0 bridgehead atoms. The molecule has 0 radical (unpaired) electrons. The number of carbonyl (C=O) groups is 2. The van der Waals surface area contributed by atoms with Crippen LogP contribution in [-0.2, 0) is 16.9 Å². The van der Waals surface area contributed by atoms with Gasteiger partial charge in [-0.15, -0.1) is 0 Å². The maximum atomic E-state index is 12.5. The van der Waals surface area contributed by atoms with E-state index in [2.05, 4.69) is 10.5 Å². The van der Waals surface area contributed by atoms with Crippen LogP contribution in [0.15, 0.2) is 33.4 Å². The Bertz CT molecular complexity index is 661. The summed E-state index contributed by atoms with van der Waals surface area (Å²) in [7, 11) is 0. The van der Waals surface area contributed by atoms with Crippen LogP contribution in [0, 0.1) is 6.92 Å². The van der Waals surface area contributed by atoms with E-state index in [1.165, 1.54) is 6.26 Å². The van der Waals surface area contributed by atoms with E-state index in [4.69, 9.17) is 8.94 Å². The van der Waals surface area contributed by atoms with Crippen molar-refractivity contribution in [3.63, 3.8) is 0 Å². The minimum atomic E-state index is -1.18. The van der Waals surface area contributed by atoms with E-state index < -0.39 is 11.6 Å².